The largest absolute Gasteiger partial charge is 0.468 e. The Labute approximate surface area is 169 Å². The topological polar surface area (TPSA) is 102 Å². The van der Waals surface area contributed by atoms with Crippen LogP contribution in [0.3, 0.4) is 0 Å². The van der Waals surface area contributed by atoms with Crippen LogP contribution in [-0.2, 0) is 24.2 Å². The number of para-hydroxylation sites is 1. The van der Waals surface area contributed by atoms with Crippen LogP contribution < -0.4 is 10.1 Å². The van der Waals surface area contributed by atoms with E-state index >= 15 is 0 Å². The fraction of sp³-hybridized carbons (Fsp3) is 0.300. The molecule has 8 nitrogen and oxygen atoms in total. The minimum Gasteiger partial charge on any atom is -0.468 e. The van der Waals surface area contributed by atoms with Crippen molar-refractivity contribution in [2.24, 2.45) is 0 Å². The highest BCUT2D eigenvalue weighted by atomic mass is 32.2. The van der Waals surface area contributed by atoms with Gasteiger partial charge in [0, 0.05) is 12.2 Å². The fourth-order valence-corrected chi connectivity index (χ4v) is 4.51. The minimum absolute atomic E-state index is 0.0966. The fourth-order valence-electron chi connectivity index (χ4n) is 3.00. The van der Waals surface area contributed by atoms with Crippen molar-refractivity contribution in [2.45, 2.75) is 6.04 Å². The summed E-state index contributed by atoms with van der Waals surface area (Å²) >= 11 is 0. The average molecular weight is 418 g/mol. The third-order valence-electron chi connectivity index (χ3n) is 4.48. The first-order valence-electron chi connectivity index (χ1n) is 9.01. The second kappa shape index (κ2) is 9.06. The van der Waals surface area contributed by atoms with Gasteiger partial charge in [0.15, 0.2) is 9.84 Å². The number of ether oxygens (including phenoxy) is 2. The van der Waals surface area contributed by atoms with Crippen LogP contribution in [0.1, 0.15) is 0 Å². The molecule has 0 aliphatic carbocycles. The van der Waals surface area contributed by atoms with Crippen molar-refractivity contribution < 1.29 is 27.5 Å². The standard InChI is InChI=1S/C20H22N2O6S/c1-27-20(24)18-14-29(25,26)12-11-22(18)13-19(23)21-15-7-9-17(10-8-15)28-16-5-3-2-4-6-16/h2-10,18H,11-14H2,1H3,(H,21,23). The summed E-state index contributed by atoms with van der Waals surface area (Å²) in [7, 11) is -2.14. The van der Waals surface area contributed by atoms with Crippen molar-refractivity contribution in [1.82, 2.24) is 4.90 Å². The van der Waals surface area contributed by atoms with E-state index in [-0.39, 0.29) is 30.5 Å². The van der Waals surface area contributed by atoms with Gasteiger partial charge in [-0.25, -0.2) is 8.42 Å². The summed E-state index contributed by atoms with van der Waals surface area (Å²) < 4.78 is 34.0. The maximum atomic E-state index is 12.4. The molecule has 1 N–H and O–H groups in total. The summed E-state index contributed by atoms with van der Waals surface area (Å²) in [6.07, 6.45) is 0. The zero-order chi connectivity index (χ0) is 20.9. The van der Waals surface area contributed by atoms with Gasteiger partial charge in [0.05, 0.1) is 25.2 Å². The molecule has 1 unspecified atom stereocenters. The molecule has 1 fully saturated rings. The van der Waals surface area contributed by atoms with Crippen molar-refractivity contribution >= 4 is 27.4 Å². The van der Waals surface area contributed by atoms with E-state index < -0.39 is 21.8 Å². The lowest BCUT2D eigenvalue weighted by Gasteiger charge is -2.32. The molecule has 0 aromatic heterocycles. The van der Waals surface area contributed by atoms with Gasteiger partial charge >= 0.3 is 5.97 Å². The summed E-state index contributed by atoms with van der Waals surface area (Å²) in [6.45, 7) is -0.0169. The Morgan fingerprint density at radius 2 is 1.72 bits per heavy atom. The Morgan fingerprint density at radius 3 is 2.38 bits per heavy atom. The second-order valence-electron chi connectivity index (χ2n) is 6.61. The minimum atomic E-state index is -3.33. The molecule has 0 spiro atoms. The van der Waals surface area contributed by atoms with E-state index in [1.807, 2.05) is 30.3 Å². The predicted molar refractivity (Wildman–Crippen MR) is 108 cm³/mol. The molecule has 2 aromatic rings. The summed E-state index contributed by atoms with van der Waals surface area (Å²) in [5.74, 6) is -0.129. The summed E-state index contributed by atoms with van der Waals surface area (Å²) in [5, 5.41) is 2.74. The second-order valence-corrected chi connectivity index (χ2v) is 8.84. The molecule has 0 bridgehead atoms. The third-order valence-corrected chi connectivity index (χ3v) is 6.11. The SMILES string of the molecule is COC(=O)C1CS(=O)(=O)CCN1CC(=O)Nc1ccc(Oc2ccccc2)cc1. The van der Waals surface area contributed by atoms with Crippen molar-refractivity contribution in [1.29, 1.82) is 0 Å². The van der Waals surface area contributed by atoms with Crippen LogP contribution in [-0.4, -0.2) is 62.9 Å². The summed E-state index contributed by atoms with van der Waals surface area (Å²) in [4.78, 5) is 25.8. The predicted octanol–water partition coefficient (Wildman–Crippen LogP) is 1.69. The number of nitrogens with zero attached hydrogens (tertiary/aromatic N) is 1. The van der Waals surface area contributed by atoms with Gasteiger partial charge in [0.1, 0.15) is 17.5 Å². The molecule has 3 rings (SSSR count). The van der Waals surface area contributed by atoms with Crippen LogP contribution in [0, 0.1) is 0 Å². The van der Waals surface area contributed by atoms with Crippen molar-refractivity contribution in [3.05, 3.63) is 54.6 Å². The quantitative estimate of drug-likeness (QED) is 0.712. The zero-order valence-corrected chi connectivity index (χ0v) is 16.7. The van der Waals surface area contributed by atoms with Gasteiger partial charge in [-0.2, -0.15) is 0 Å². The molecular formula is C20H22N2O6S. The van der Waals surface area contributed by atoms with E-state index in [1.54, 1.807) is 24.3 Å². The van der Waals surface area contributed by atoms with Gasteiger partial charge in [0.2, 0.25) is 5.91 Å². The van der Waals surface area contributed by atoms with Gasteiger partial charge in [0.25, 0.3) is 0 Å². The molecule has 1 aliphatic heterocycles. The van der Waals surface area contributed by atoms with Crippen LogP contribution >= 0.6 is 0 Å². The highest BCUT2D eigenvalue weighted by Gasteiger charge is 2.37. The first kappa shape index (κ1) is 20.8. The molecule has 154 valence electrons. The number of benzene rings is 2. The number of anilines is 1. The third kappa shape index (κ3) is 5.78. The maximum absolute atomic E-state index is 12.4. The van der Waals surface area contributed by atoms with Crippen LogP contribution in [0.25, 0.3) is 0 Å². The molecule has 0 saturated carbocycles. The van der Waals surface area contributed by atoms with Crippen molar-refractivity contribution in [3.63, 3.8) is 0 Å². The molecule has 2 aromatic carbocycles. The highest BCUT2D eigenvalue weighted by Crippen LogP contribution is 2.22. The maximum Gasteiger partial charge on any atom is 0.324 e. The Morgan fingerprint density at radius 1 is 1.07 bits per heavy atom. The van der Waals surface area contributed by atoms with Gasteiger partial charge < -0.3 is 14.8 Å². The first-order chi connectivity index (χ1) is 13.9. The zero-order valence-electron chi connectivity index (χ0n) is 15.9. The lowest BCUT2D eigenvalue weighted by atomic mass is 10.2. The molecule has 9 heteroatoms. The number of hydrogen-bond donors (Lipinski definition) is 1. The number of esters is 1. The number of carbonyl (C=O) groups excluding carboxylic acids is 2. The lowest BCUT2D eigenvalue weighted by Crippen LogP contribution is -2.54. The van der Waals surface area contributed by atoms with E-state index in [9.17, 15) is 18.0 Å². The van der Waals surface area contributed by atoms with E-state index in [2.05, 4.69) is 10.1 Å². The van der Waals surface area contributed by atoms with Crippen LogP contribution in [0.15, 0.2) is 54.6 Å². The Bertz CT molecular complexity index is 960. The summed E-state index contributed by atoms with van der Waals surface area (Å²) in [5.41, 5.74) is 0.565. The molecule has 1 heterocycles. The van der Waals surface area contributed by atoms with Gasteiger partial charge in [-0.05, 0) is 36.4 Å². The van der Waals surface area contributed by atoms with E-state index in [4.69, 9.17) is 4.74 Å². The molecular weight excluding hydrogens is 396 g/mol. The van der Waals surface area contributed by atoms with Gasteiger partial charge in [-0.15, -0.1) is 0 Å². The number of hydrogen-bond acceptors (Lipinski definition) is 7. The van der Waals surface area contributed by atoms with E-state index in [1.165, 1.54) is 12.0 Å². The lowest BCUT2D eigenvalue weighted by molar-refractivity contribution is -0.146. The number of carbonyl (C=O) groups is 2. The summed E-state index contributed by atoms with van der Waals surface area (Å²) in [6, 6.07) is 15.2. The van der Waals surface area contributed by atoms with E-state index in [0.29, 0.717) is 17.2 Å². The van der Waals surface area contributed by atoms with Gasteiger partial charge in [-0.3, -0.25) is 14.5 Å². The molecule has 1 amide bonds. The normalized spacial score (nSPS) is 18.6. The van der Waals surface area contributed by atoms with Crippen LogP contribution in [0.5, 0.6) is 11.5 Å². The highest BCUT2D eigenvalue weighted by molar-refractivity contribution is 7.91. The molecule has 1 atom stereocenters. The Balaban J connectivity index is 1.59. The number of methoxy groups -OCH3 is 1. The smallest absolute Gasteiger partial charge is 0.324 e. The Kier molecular flexibility index (Phi) is 6.50. The molecule has 1 saturated heterocycles. The van der Waals surface area contributed by atoms with Crippen molar-refractivity contribution in [2.75, 3.05) is 37.0 Å². The Hall–Kier alpha value is -2.91. The van der Waals surface area contributed by atoms with Crippen LogP contribution in [0.4, 0.5) is 5.69 Å². The van der Waals surface area contributed by atoms with E-state index in [0.717, 1.165) is 0 Å². The monoisotopic (exact) mass is 418 g/mol. The van der Waals surface area contributed by atoms with Crippen molar-refractivity contribution in [3.8, 4) is 11.5 Å². The number of rotatable bonds is 6. The average Bonchev–Trinajstić information content (AvgIpc) is 2.71. The molecule has 1 aliphatic rings. The number of sulfone groups is 1. The number of nitrogens with one attached hydrogen (secondary N) is 1. The van der Waals surface area contributed by atoms with Crippen LogP contribution in [0.2, 0.25) is 0 Å². The molecule has 0 radical (unpaired) electrons. The first-order valence-corrected chi connectivity index (χ1v) is 10.8. The number of amides is 1. The molecule has 29 heavy (non-hydrogen) atoms. The van der Waals surface area contributed by atoms with Gasteiger partial charge in [-0.1, -0.05) is 18.2 Å².